The summed E-state index contributed by atoms with van der Waals surface area (Å²) in [6, 6.07) is 25.7. The lowest BCUT2D eigenvalue weighted by Crippen LogP contribution is -1.99. The van der Waals surface area contributed by atoms with Gasteiger partial charge in [0.1, 0.15) is 17.2 Å². The van der Waals surface area contributed by atoms with E-state index in [0.717, 1.165) is 49.6 Å². The van der Waals surface area contributed by atoms with Gasteiger partial charge in [0.2, 0.25) is 5.13 Å². The van der Waals surface area contributed by atoms with Gasteiger partial charge in [-0.1, -0.05) is 53.3 Å². The molecule has 0 atom stereocenters. The highest BCUT2D eigenvalue weighted by atomic mass is 35.5. The molecule has 2 heterocycles. The van der Waals surface area contributed by atoms with Gasteiger partial charge < -0.3 is 9.47 Å². The highest BCUT2D eigenvalue weighted by Crippen LogP contribution is 2.40. The molecule has 0 aliphatic heterocycles. The Morgan fingerprint density at radius 2 is 1.29 bits per heavy atom. The number of hydrogen-bond acceptors (Lipinski definition) is 5. The van der Waals surface area contributed by atoms with Gasteiger partial charge in [0, 0.05) is 21.6 Å². The van der Waals surface area contributed by atoms with Crippen molar-refractivity contribution in [2.75, 3.05) is 14.2 Å². The first-order valence-corrected chi connectivity index (χ1v) is 11.9. The van der Waals surface area contributed by atoms with E-state index < -0.39 is 0 Å². The Morgan fingerprint density at radius 3 is 1.88 bits per heavy atom. The minimum atomic E-state index is 0.560. The topological polar surface area (TPSA) is 49.2 Å². The summed E-state index contributed by atoms with van der Waals surface area (Å²) in [6.45, 7) is 2.08. The maximum Gasteiger partial charge on any atom is 0.211 e. The van der Waals surface area contributed by atoms with E-state index in [0.29, 0.717) is 10.7 Å². The number of hydrogen-bond donors (Lipinski definition) is 0. The van der Waals surface area contributed by atoms with Crippen LogP contribution >= 0.6 is 22.9 Å². The Hall–Kier alpha value is -3.61. The minimum absolute atomic E-state index is 0.560. The molecule has 34 heavy (non-hydrogen) atoms. The molecule has 170 valence electrons. The van der Waals surface area contributed by atoms with Crippen LogP contribution in [0.15, 0.2) is 78.9 Å². The van der Waals surface area contributed by atoms with Gasteiger partial charge in [0.15, 0.2) is 0 Å². The van der Waals surface area contributed by atoms with Crippen LogP contribution in [0.4, 0.5) is 0 Å². The first-order chi connectivity index (χ1) is 16.6. The molecule has 0 saturated carbocycles. The molecule has 0 bridgehead atoms. The molecular weight excluding hydrogens is 466 g/mol. The van der Waals surface area contributed by atoms with Gasteiger partial charge in [-0.15, -0.1) is 0 Å². The Labute approximate surface area is 207 Å². The van der Waals surface area contributed by atoms with Gasteiger partial charge in [0.25, 0.3) is 0 Å². The molecule has 0 aliphatic carbocycles. The van der Waals surface area contributed by atoms with E-state index in [2.05, 4.69) is 19.1 Å². The second-order valence-electron chi connectivity index (χ2n) is 7.65. The van der Waals surface area contributed by atoms with Crippen molar-refractivity contribution in [3.63, 3.8) is 0 Å². The molecule has 3 aromatic carbocycles. The standard InChI is InChI=1S/C27H22ClN3O2S/c1-17-24(18-7-5-4-6-8-18)29-27(34-17)31-26(20-11-15-22(33-3)16-12-20)23(28)25(30-31)19-9-13-21(32-2)14-10-19/h4-16H,1-3H3. The smallest absolute Gasteiger partial charge is 0.211 e. The first-order valence-electron chi connectivity index (χ1n) is 10.7. The SMILES string of the molecule is COc1ccc(-c2nn(-c3nc(-c4ccccc4)c(C)s3)c(-c3ccc(OC)cc3)c2Cl)cc1. The monoisotopic (exact) mass is 487 g/mol. The van der Waals surface area contributed by atoms with E-state index in [9.17, 15) is 0 Å². The van der Waals surface area contributed by atoms with Gasteiger partial charge in [-0.25, -0.2) is 9.67 Å². The maximum atomic E-state index is 6.99. The summed E-state index contributed by atoms with van der Waals surface area (Å²) in [7, 11) is 3.30. The largest absolute Gasteiger partial charge is 0.497 e. The molecule has 0 saturated heterocycles. The third-order valence-electron chi connectivity index (χ3n) is 5.57. The lowest BCUT2D eigenvalue weighted by Gasteiger charge is -2.06. The maximum absolute atomic E-state index is 6.99. The first kappa shape index (κ1) is 22.2. The molecule has 0 unspecified atom stereocenters. The van der Waals surface area contributed by atoms with Crippen LogP contribution in [0.2, 0.25) is 5.02 Å². The van der Waals surface area contributed by atoms with Crippen molar-refractivity contribution in [2.24, 2.45) is 0 Å². The molecule has 2 aromatic heterocycles. The van der Waals surface area contributed by atoms with Gasteiger partial charge in [-0.2, -0.15) is 5.10 Å². The van der Waals surface area contributed by atoms with Crippen LogP contribution in [-0.2, 0) is 0 Å². The fourth-order valence-corrected chi connectivity index (χ4v) is 5.03. The second kappa shape index (κ2) is 9.33. The molecule has 5 aromatic rings. The highest BCUT2D eigenvalue weighted by Gasteiger charge is 2.23. The molecule has 0 N–H and O–H groups in total. The molecular formula is C27H22ClN3O2S. The van der Waals surface area contributed by atoms with E-state index in [1.807, 2.05) is 71.4 Å². The molecule has 5 nitrogen and oxygen atoms in total. The van der Waals surface area contributed by atoms with E-state index in [4.69, 9.17) is 31.2 Å². The fourth-order valence-electron chi connectivity index (χ4n) is 3.81. The lowest BCUT2D eigenvalue weighted by atomic mass is 10.1. The lowest BCUT2D eigenvalue weighted by molar-refractivity contribution is 0.414. The minimum Gasteiger partial charge on any atom is -0.497 e. The number of ether oxygens (including phenoxy) is 2. The van der Waals surface area contributed by atoms with E-state index in [-0.39, 0.29) is 0 Å². The van der Waals surface area contributed by atoms with Crippen molar-refractivity contribution in [1.29, 1.82) is 0 Å². The number of halogens is 1. The molecule has 7 heteroatoms. The number of thiazole rings is 1. The zero-order chi connectivity index (χ0) is 23.7. The zero-order valence-electron chi connectivity index (χ0n) is 18.9. The summed E-state index contributed by atoms with van der Waals surface area (Å²) in [5.41, 5.74) is 5.30. The third-order valence-corrected chi connectivity index (χ3v) is 6.87. The van der Waals surface area contributed by atoms with Crippen molar-refractivity contribution in [1.82, 2.24) is 14.8 Å². The van der Waals surface area contributed by atoms with Gasteiger partial charge >= 0.3 is 0 Å². The van der Waals surface area contributed by atoms with Crippen molar-refractivity contribution < 1.29 is 9.47 Å². The molecule has 0 amide bonds. The van der Waals surface area contributed by atoms with Crippen LogP contribution in [0.5, 0.6) is 11.5 Å². The summed E-state index contributed by atoms with van der Waals surface area (Å²) in [4.78, 5) is 6.07. The van der Waals surface area contributed by atoms with Crippen LogP contribution in [-0.4, -0.2) is 29.0 Å². The van der Waals surface area contributed by atoms with Crippen molar-refractivity contribution in [3.05, 3.63) is 88.8 Å². The molecule has 0 aliphatic rings. The third kappa shape index (κ3) is 4.06. The van der Waals surface area contributed by atoms with Crippen molar-refractivity contribution >= 4 is 22.9 Å². The van der Waals surface area contributed by atoms with Crippen LogP contribution < -0.4 is 9.47 Å². The highest BCUT2D eigenvalue weighted by molar-refractivity contribution is 7.14. The number of nitrogens with zero attached hydrogens (tertiary/aromatic N) is 3. The van der Waals surface area contributed by atoms with Gasteiger partial charge in [-0.05, 0) is 55.5 Å². The summed E-state index contributed by atoms with van der Waals surface area (Å²) in [5.74, 6) is 1.55. The quantitative estimate of drug-likeness (QED) is 0.252. The number of rotatable bonds is 6. The average molecular weight is 488 g/mol. The fraction of sp³-hybridized carbons (Fsp3) is 0.111. The number of benzene rings is 3. The molecule has 5 rings (SSSR count). The van der Waals surface area contributed by atoms with Crippen LogP contribution in [0.25, 0.3) is 38.9 Å². The van der Waals surface area contributed by atoms with Crippen molar-refractivity contribution in [2.45, 2.75) is 6.92 Å². The summed E-state index contributed by atoms with van der Waals surface area (Å²) >= 11 is 8.58. The Bertz CT molecular complexity index is 1430. The number of aromatic nitrogens is 3. The summed E-state index contributed by atoms with van der Waals surface area (Å²) in [6.07, 6.45) is 0. The number of aryl methyl sites for hydroxylation is 1. The van der Waals surface area contributed by atoms with Gasteiger partial charge in [0.05, 0.1) is 30.6 Å². The van der Waals surface area contributed by atoms with Crippen LogP contribution in [0.3, 0.4) is 0 Å². The summed E-state index contributed by atoms with van der Waals surface area (Å²) in [5, 5.41) is 6.25. The van der Waals surface area contributed by atoms with Gasteiger partial charge in [-0.3, -0.25) is 0 Å². The normalized spacial score (nSPS) is 10.9. The Morgan fingerprint density at radius 1 is 0.735 bits per heavy atom. The van der Waals surface area contributed by atoms with E-state index in [1.165, 1.54) is 0 Å². The predicted molar refractivity (Wildman–Crippen MR) is 138 cm³/mol. The second-order valence-corrected chi connectivity index (χ2v) is 9.21. The molecule has 0 radical (unpaired) electrons. The van der Waals surface area contributed by atoms with Crippen LogP contribution in [0.1, 0.15) is 4.88 Å². The van der Waals surface area contributed by atoms with E-state index in [1.54, 1.807) is 25.6 Å². The predicted octanol–water partition coefficient (Wildman–Crippen LogP) is 7.31. The van der Waals surface area contributed by atoms with E-state index >= 15 is 0 Å². The number of methoxy groups -OCH3 is 2. The molecule has 0 fully saturated rings. The van der Waals surface area contributed by atoms with Crippen LogP contribution in [0, 0.1) is 6.92 Å². The zero-order valence-corrected chi connectivity index (χ0v) is 20.5. The Kier molecular flexibility index (Phi) is 6.09. The average Bonchev–Trinajstić information content (AvgIpc) is 3.44. The molecule has 0 spiro atoms. The summed E-state index contributed by atoms with van der Waals surface area (Å²) < 4.78 is 12.5. The van der Waals surface area contributed by atoms with Crippen molar-refractivity contribution in [3.8, 4) is 50.4 Å². The Balaban J connectivity index is 1.69.